The smallest absolute Gasteiger partial charge is 0.319 e. The number of ketones is 1. The zero-order valence-electron chi connectivity index (χ0n) is 13.3. The number of halogens is 2. The fourth-order valence-electron chi connectivity index (χ4n) is 2.78. The highest BCUT2D eigenvalue weighted by molar-refractivity contribution is 6.11. The van der Waals surface area contributed by atoms with E-state index in [1.54, 1.807) is 30.3 Å². The van der Waals surface area contributed by atoms with Crippen molar-refractivity contribution in [2.45, 2.75) is 12.5 Å². The zero-order chi connectivity index (χ0) is 18.2. The van der Waals surface area contributed by atoms with E-state index in [2.05, 4.69) is 5.32 Å². The van der Waals surface area contributed by atoms with Crippen molar-refractivity contribution in [3.8, 4) is 0 Å². The lowest BCUT2D eigenvalue weighted by Gasteiger charge is -2.22. The molecule has 3 amide bonds. The third-order valence-electron chi connectivity index (χ3n) is 4.14. The molecule has 5 nitrogen and oxygen atoms in total. The summed E-state index contributed by atoms with van der Waals surface area (Å²) in [6.07, 6.45) is 0. The Bertz CT molecular complexity index is 870. The number of carbonyl (C=O) groups excluding carboxylic acids is 3. The maximum absolute atomic E-state index is 14.1. The molecule has 1 aliphatic heterocycles. The van der Waals surface area contributed by atoms with Crippen LogP contribution in [0, 0.1) is 11.6 Å². The van der Waals surface area contributed by atoms with E-state index in [4.69, 9.17) is 0 Å². The first-order chi connectivity index (χ1) is 11.8. The van der Waals surface area contributed by atoms with Crippen molar-refractivity contribution in [1.29, 1.82) is 0 Å². The summed E-state index contributed by atoms with van der Waals surface area (Å²) in [5.74, 6) is -2.94. The molecule has 1 heterocycles. The molecule has 2 aromatic rings. The van der Waals surface area contributed by atoms with Crippen molar-refractivity contribution in [2.24, 2.45) is 0 Å². The van der Waals surface area contributed by atoms with Gasteiger partial charge in [0.15, 0.2) is 5.78 Å². The molecular formula is C18H14F2N2O3. The molecule has 128 valence electrons. The number of amides is 3. The summed E-state index contributed by atoms with van der Waals surface area (Å²) >= 11 is 0. The predicted molar refractivity (Wildman–Crippen MR) is 84.7 cm³/mol. The van der Waals surface area contributed by atoms with Crippen molar-refractivity contribution in [2.75, 3.05) is 6.54 Å². The minimum atomic E-state index is -1.70. The molecule has 1 aliphatic rings. The number of rotatable bonds is 4. The van der Waals surface area contributed by atoms with Crippen LogP contribution in [0.15, 0.2) is 48.5 Å². The van der Waals surface area contributed by atoms with Crippen LogP contribution in [-0.2, 0) is 10.3 Å². The molecule has 0 aliphatic carbocycles. The second kappa shape index (κ2) is 6.08. The highest BCUT2D eigenvalue weighted by Gasteiger charge is 2.50. The molecule has 3 rings (SSSR count). The van der Waals surface area contributed by atoms with Crippen LogP contribution in [0.4, 0.5) is 13.6 Å². The third-order valence-corrected chi connectivity index (χ3v) is 4.14. The molecule has 0 spiro atoms. The number of nitrogens with zero attached hydrogens (tertiary/aromatic N) is 1. The molecule has 1 unspecified atom stereocenters. The van der Waals surface area contributed by atoms with Crippen molar-refractivity contribution < 1.29 is 23.2 Å². The fourth-order valence-corrected chi connectivity index (χ4v) is 2.78. The lowest BCUT2D eigenvalue weighted by atomic mass is 9.91. The van der Waals surface area contributed by atoms with E-state index >= 15 is 0 Å². The van der Waals surface area contributed by atoms with Crippen LogP contribution in [0.1, 0.15) is 22.8 Å². The van der Waals surface area contributed by atoms with Gasteiger partial charge in [-0.2, -0.15) is 0 Å². The lowest BCUT2D eigenvalue weighted by molar-refractivity contribution is -0.130. The van der Waals surface area contributed by atoms with Crippen LogP contribution in [0.25, 0.3) is 0 Å². The summed E-state index contributed by atoms with van der Waals surface area (Å²) in [6, 6.07) is 10.1. The van der Waals surface area contributed by atoms with Crippen LogP contribution in [0.3, 0.4) is 0 Å². The van der Waals surface area contributed by atoms with Crippen molar-refractivity contribution in [1.82, 2.24) is 10.2 Å². The molecule has 0 saturated carbocycles. The van der Waals surface area contributed by atoms with Gasteiger partial charge >= 0.3 is 6.03 Å². The summed E-state index contributed by atoms with van der Waals surface area (Å²) < 4.78 is 27.2. The second-order valence-electron chi connectivity index (χ2n) is 5.86. The van der Waals surface area contributed by atoms with Crippen LogP contribution < -0.4 is 5.32 Å². The molecule has 1 N–H and O–H groups in total. The zero-order valence-corrected chi connectivity index (χ0v) is 13.3. The Morgan fingerprint density at radius 1 is 1.12 bits per heavy atom. The molecule has 0 aromatic heterocycles. The van der Waals surface area contributed by atoms with Gasteiger partial charge in [-0.3, -0.25) is 14.5 Å². The summed E-state index contributed by atoms with van der Waals surface area (Å²) in [4.78, 5) is 37.8. The molecule has 1 fully saturated rings. The minimum absolute atomic E-state index is 0.165. The summed E-state index contributed by atoms with van der Waals surface area (Å²) in [5.41, 5.74) is -1.52. The first-order valence-corrected chi connectivity index (χ1v) is 7.51. The minimum Gasteiger partial charge on any atom is -0.319 e. The van der Waals surface area contributed by atoms with Crippen LogP contribution >= 0.6 is 0 Å². The lowest BCUT2D eigenvalue weighted by Crippen LogP contribution is -2.42. The fraction of sp³-hybridized carbons (Fsp3) is 0.167. The van der Waals surface area contributed by atoms with E-state index in [1.165, 1.54) is 6.92 Å². The van der Waals surface area contributed by atoms with E-state index < -0.39 is 41.4 Å². The van der Waals surface area contributed by atoms with Gasteiger partial charge in [-0.1, -0.05) is 36.4 Å². The number of carbonyl (C=O) groups is 3. The van der Waals surface area contributed by atoms with E-state index in [0.717, 1.165) is 17.0 Å². The van der Waals surface area contributed by atoms with E-state index in [9.17, 15) is 23.2 Å². The molecule has 0 radical (unpaired) electrons. The normalized spacial score (nSPS) is 19.9. The van der Waals surface area contributed by atoms with Gasteiger partial charge < -0.3 is 5.32 Å². The van der Waals surface area contributed by atoms with E-state index in [0.29, 0.717) is 11.6 Å². The number of benzene rings is 2. The number of Topliss-reactive ketones (excluding diaryl/α,β-unsaturated/α-hetero) is 1. The molecule has 25 heavy (non-hydrogen) atoms. The number of hydrogen-bond acceptors (Lipinski definition) is 3. The van der Waals surface area contributed by atoms with Gasteiger partial charge in [-0.25, -0.2) is 13.6 Å². The van der Waals surface area contributed by atoms with E-state index in [1.807, 2.05) is 0 Å². The van der Waals surface area contributed by atoms with Gasteiger partial charge in [-0.05, 0) is 13.0 Å². The number of imide groups is 1. The van der Waals surface area contributed by atoms with Gasteiger partial charge in [0.05, 0.1) is 6.54 Å². The Hall–Kier alpha value is -3.09. The maximum Gasteiger partial charge on any atom is 0.325 e. The van der Waals surface area contributed by atoms with Crippen LogP contribution in [0.5, 0.6) is 0 Å². The van der Waals surface area contributed by atoms with Crippen molar-refractivity contribution >= 4 is 17.7 Å². The SMILES string of the molecule is CC1(c2ccc(F)cc2F)NC(=O)N(CC(=O)c2ccccc2)C1=O. The van der Waals surface area contributed by atoms with Gasteiger partial charge in [-0.15, -0.1) is 0 Å². The molecule has 0 bridgehead atoms. The van der Waals surface area contributed by atoms with Crippen LogP contribution in [-0.4, -0.2) is 29.2 Å². The maximum atomic E-state index is 14.1. The average Bonchev–Trinajstić information content (AvgIpc) is 2.79. The first-order valence-electron chi connectivity index (χ1n) is 7.51. The summed E-state index contributed by atoms with van der Waals surface area (Å²) in [7, 11) is 0. The Morgan fingerprint density at radius 3 is 2.44 bits per heavy atom. The quantitative estimate of drug-likeness (QED) is 0.685. The Labute approximate surface area is 142 Å². The highest BCUT2D eigenvalue weighted by Crippen LogP contribution is 2.31. The third kappa shape index (κ3) is 2.88. The molecule has 1 saturated heterocycles. The summed E-state index contributed by atoms with van der Waals surface area (Å²) in [6.45, 7) is 0.851. The van der Waals surface area contributed by atoms with Crippen LogP contribution in [0.2, 0.25) is 0 Å². The number of hydrogen-bond donors (Lipinski definition) is 1. The van der Waals surface area contributed by atoms with Gasteiger partial charge in [0, 0.05) is 17.2 Å². The van der Waals surface area contributed by atoms with Gasteiger partial charge in [0.25, 0.3) is 5.91 Å². The predicted octanol–water partition coefficient (Wildman–Crippen LogP) is 2.61. The van der Waals surface area contributed by atoms with Gasteiger partial charge in [0.2, 0.25) is 0 Å². The van der Waals surface area contributed by atoms with Crippen molar-refractivity contribution in [3.05, 3.63) is 71.3 Å². The number of nitrogens with one attached hydrogen (secondary N) is 1. The molecule has 7 heteroatoms. The number of urea groups is 1. The monoisotopic (exact) mass is 344 g/mol. The largest absolute Gasteiger partial charge is 0.325 e. The molecular weight excluding hydrogens is 330 g/mol. The average molecular weight is 344 g/mol. The topological polar surface area (TPSA) is 66.5 Å². The Morgan fingerprint density at radius 2 is 1.80 bits per heavy atom. The van der Waals surface area contributed by atoms with E-state index in [-0.39, 0.29) is 5.56 Å². The molecule has 2 aromatic carbocycles. The van der Waals surface area contributed by atoms with Crippen molar-refractivity contribution in [3.63, 3.8) is 0 Å². The Balaban J connectivity index is 1.88. The standard InChI is InChI=1S/C18H14F2N2O3/c1-18(13-8-7-12(19)9-14(13)20)16(24)22(17(25)21-18)10-15(23)11-5-3-2-4-6-11/h2-9H,10H2,1H3,(H,21,25). The van der Waals surface area contributed by atoms with Gasteiger partial charge in [0.1, 0.15) is 17.2 Å². The molecule has 1 atom stereocenters. The summed E-state index contributed by atoms with van der Waals surface area (Å²) in [5, 5.41) is 2.39. The first kappa shape index (κ1) is 16.8. The highest BCUT2D eigenvalue weighted by atomic mass is 19.1. The second-order valence-corrected chi connectivity index (χ2v) is 5.86. The Kier molecular flexibility index (Phi) is 4.08.